The van der Waals surface area contributed by atoms with E-state index in [0.717, 1.165) is 26.7 Å². The summed E-state index contributed by atoms with van der Waals surface area (Å²) >= 11 is 7.34. The molecule has 5 nitrogen and oxygen atoms in total. The second-order valence-electron chi connectivity index (χ2n) is 7.72. The van der Waals surface area contributed by atoms with Crippen LogP contribution in [0, 0.1) is 5.82 Å². The summed E-state index contributed by atoms with van der Waals surface area (Å²) in [5.41, 5.74) is 3.15. The van der Waals surface area contributed by atoms with Gasteiger partial charge in [0.05, 0.1) is 33.3 Å². The number of thiazole rings is 1. The van der Waals surface area contributed by atoms with E-state index in [2.05, 4.69) is 20.9 Å². The van der Waals surface area contributed by atoms with Crippen LogP contribution in [-0.4, -0.2) is 19.6 Å². The van der Waals surface area contributed by atoms with Crippen LogP contribution >= 0.6 is 23.6 Å². The fourth-order valence-electron chi connectivity index (χ4n) is 4.33. The molecule has 2 aromatic carbocycles. The van der Waals surface area contributed by atoms with E-state index in [1.165, 1.54) is 6.07 Å². The van der Waals surface area contributed by atoms with Gasteiger partial charge in [0.15, 0.2) is 10.2 Å². The maximum Gasteiger partial charge on any atom is 0.194 e. The van der Waals surface area contributed by atoms with Crippen LogP contribution < -0.4 is 10.2 Å². The Morgan fingerprint density at radius 3 is 2.58 bits per heavy atom. The van der Waals surface area contributed by atoms with Gasteiger partial charge >= 0.3 is 0 Å². The third-order valence-electron chi connectivity index (χ3n) is 5.78. The van der Waals surface area contributed by atoms with Gasteiger partial charge in [0.25, 0.3) is 0 Å². The van der Waals surface area contributed by atoms with Gasteiger partial charge in [-0.1, -0.05) is 41.7 Å². The quantitative estimate of drug-likeness (QED) is 0.336. The largest absolute Gasteiger partial charge is 0.351 e. The molecule has 1 N–H and O–H groups in total. The zero-order valence-corrected chi connectivity index (χ0v) is 18.9. The average molecular weight is 472 g/mol. The molecule has 0 radical (unpaired) electrons. The third-order valence-corrected chi connectivity index (χ3v) is 7.13. The van der Waals surface area contributed by atoms with E-state index in [0.29, 0.717) is 10.8 Å². The second kappa shape index (κ2) is 8.06. The van der Waals surface area contributed by atoms with Crippen molar-refractivity contribution in [3.8, 4) is 5.13 Å². The van der Waals surface area contributed by atoms with Crippen LogP contribution in [0.4, 0.5) is 10.1 Å². The van der Waals surface area contributed by atoms with Crippen molar-refractivity contribution in [3.63, 3.8) is 0 Å². The monoisotopic (exact) mass is 471 g/mol. The van der Waals surface area contributed by atoms with Gasteiger partial charge in [-0.2, -0.15) is 0 Å². The van der Waals surface area contributed by atoms with Gasteiger partial charge in [-0.25, -0.2) is 9.37 Å². The Balaban J connectivity index is 1.53. The summed E-state index contributed by atoms with van der Waals surface area (Å²) in [4.78, 5) is 11.3. The molecular weight excluding hydrogens is 453 g/mol. The molecule has 1 saturated heterocycles. The number of fused-ring (bicyclic) bond motifs is 1. The van der Waals surface area contributed by atoms with Gasteiger partial charge in [-0.05, 0) is 60.7 Å². The van der Waals surface area contributed by atoms with E-state index in [9.17, 15) is 4.39 Å². The molecule has 1 aliphatic heterocycles. The van der Waals surface area contributed by atoms with Crippen LogP contribution in [0.1, 0.15) is 23.5 Å². The number of halogens is 1. The van der Waals surface area contributed by atoms with Crippen LogP contribution in [0.3, 0.4) is 0 Å². The van der Waals surface area contributed by atoms with Crippen LogP contribution in [-0.2, 0) is 0 Å². The van der Waals surface area contributed by atoms with Gasteiger partial charge in [0.2, 0.25) is 0 Å². The standard InChI is InChI=1S/C25H18FN5S2/c26-16-8-1-3-11-19(16)31-23(22(29-24(31)32)18-10-5-6-14-27-18)20-12-7-15-30(20)25-28-17-9-2-4-13-21(17)33-25/h1-15,22-23H,(H,29,32)/t22-,23-/m1/s1. The molecular formula is C25H18FN5S2. The van der Waals surface area contributed by atoms with Crippen molar-refractivity contribution in [1.29, 1.82) is 0 Å². The number of nitrogens with one attached hydrogen (secondary N) is 1. The number of pyridine rings is 1. The van der Waals surface area contributed by atoms with Gasteiger partial charge in [0, 0.05) is 12.4 Å². The Labute approximate surface area is 199 Å². The van der Waals surface area contributed by atoms with Crippen LogP contribution in [0.5, 0.6) is 0 Å². The Kier molecular flexibility index (Phi) is 4.89. The van der Waals surface area contributed by atoms with Gasteiger partial charge in [-0.15, -0.1) is 0 Å². The van der Waals surface area contributed by atoms with Crippen LogP contribution in [0.25, 0.3) is 15.3 Å². The van der Waals surface area contributed by atoms with Crippen molar-refractivity contribution < 1.29 is 4.39 Å². The fraction of sp³-hybridized carbons (Fsp3) is 0.0800. The number of nitrogens with zero attached hydrogens (tertiary/aromatic N) is 4. The molecule has 1 aliphatic rings. The highest BCUT2D eigenvalue weighted by molar-refractivity contribution is 7.80. The average Bonchev–Trinajstić information content (AvgIpc) is 3.56. The van der Waals surface area contributed by atoms with Gasteiger partial charge < -0.3 is 10.2 Å². The summed E-state index contributed by atoms with van der Waals surface area (Å²) in [7, 11) is 0. The van der Waals surface area contributed by atoms with Crippen molar-refractivity contribution in [1.82, 2.24) is 19.9 Å². The number of thiocarbonyl (C=S) groups is 1. The van der Waals surface area contributed by atoms with E-state index in [1.54, 1.807) is 29.7 Å². The molecule has 0 unspecified atom stereocenters. The van der Waals surface area contributed by atoms with E-state index in [4.69, 9.17) is 17.2 Å². The lowest BCUT2D eigenvalue weighted by Crippen LogP contribution is -2.31. The van der Waals surface area contributed by atoms with Gasteiger partial charge in [0.1, 0.15) is 11.9 Å². The molecule has 5 aromatic rings. The Morgan fingerprint density at radius 2 is 1.76 bits per heavy atom. The smallest absolute Gasteiger partial charge is 0.194 e. The maximum atomic E-state index is 15.0. The molecule has 33 heavy (non-hydrogen) atoms. The minimum Gasteiger partial charge on any atom is -0.351 e. The normalized spacial score (nSPS) is 18.1. The first-order chi connectivity index (χ1) is 16.2. The summed E-state index contributed by atoms with van der Waals surface area (Å²) in [6, 6.07) is 24.0. The third kappa shape index (κ3) is 3.39. The summed E-state index contributed by atoms with van der Waals surface area (Å²) < 4.78 is 18.1. The van der Waals surface area contributed by atoms with Crippen molar-refractivity contribution in [2.75, 3.05) is 4.90 Å². The summed E-state index contributed by atoms with van der Waals surface area (Å²) in [6.45, 7) is 0. The maximum absolute atomic E-state index is 15.0. The predicted molar refractivity (Wildman–Crippen MR) is 133 cm³/mol. The highest BCUT2D eigenvalue weighted by Gasteiger charge is 2.43. The zero-order valence-electron chi connectivity index (χ0n) is 17.3. The van der Waals surface area contributed by atoms with E-state index in [1.807, 2.05) is 65.7 Å². The lowest BCUT2D eigenvalue weighted by atomic mass is 10.0. The summed E-state index contributed by atoms with van der Waals surface area (Å²) in [5, 5.41) is 4.69. The van der Waals surface area contributed by atoms with Crippen molar-refractivity contribution in [2.45, 2.75) is 12.1 Å². The second-order valence-corrected chi connectivity index (χ2v) is 9.11. The first kappa shape index (κ1) is 20.0. The SMILES string of the molecule is Fc1ccccc1N1C(=S)N[C@H](c2ccccn2)[C@H]1c1cccn1-c1nc2ccccc2s1. The van der Waals surface area contributed by atoms with E-state index < -0.39 is 0 Å². The lowest BCUT2D eigenvalue weighted by Gasteiger charge is -2.28. The molecule has 3 aromatic heterocycles. The zero-order chi connectivity index (χ0) is 22.4. The number of anilines is 1. The van der Waals surface area contributed by atoms with E-state index >= 15 is 0 Å². The first-order valence-corrected chi connectivity index (χ1v) is 11.7. The first-order valence-electron chi connectivity index (χ1n) is 10.5. The molecule has 6 rings (SSSR count). The Hall–Kier alpha value is -3.62. The molecule has 0 saturated carbocycles. The minimum atomic E-state index is -0.327. The highest BCUT2D eigenvalue weighted by atomic mass is 32.1. The molecule has 4 heterocycles. The molecule has 0 aliphatic carbocycles. The molecule has 2 atom stereocenters. The Morgan fingerprint density at radius 1 is 0.939 bits per heavy atom. The van der Waals surface area contributed by atoms with Crippen molar-refractivity contribution in [3.05, 3.63) is 108 Å². The fourth-order valence-corrected chi connectivity index (χ4v) is 5.64. The summed E-state index contributed by atoms with van der Waals surface area (Å²) in [5.74, 6) is -0.327. The highest BCUT2D eigenvalue weighted by Crippen LogP contribution is 2.43. The molecule has 0 amide bonds. The van der Waals surface area contributed by atoms with Gasteiger partial charge in [-0.3, -0.25) is 9.55 Å². The minimum absolute atomic E-state index is 0.263. The topological polar surface area (TPSA) is 46.0 Å². The lowest BCUT2D eigenvalue weighted by molar-refractivity contribution is 0.541. The predicted octanol–water partition coefficient (Wildman–Crippen LogP) is 5.80. The number of hydrogen-bond acceptors (Lipinski definition) is 4. The van der Waals surface area contributed by atoms with Crippen molar-refractivity contribution >= 4 is 44.6 Å². The number of para-hydroxylation sites is 2. The number of rotatable bonds is 4. The number of aromatic nitrogens is 3. The molecule has 0 spiro atoms. The molecule has 8 heteroatoms. The van der Waals surface area contributed by atoms with Crippen LogP contribution in [0.15, 0.2) is 91.3 Å². The molecule has 0 bridgehead atoms. The van der Waals surface area contributed by atoms with Crippen LogP contribution in [0.2, 0.25) is 0 Å². The molecule has 1 fully saturated rings. The van der Waals surface area contributed by atoms with E-state index in [-0.39, 0.29) is 17.9 Å². The van der Waals surface area contributed by atoms with Crippen molar-refractivity contribution in [2.24, 2.45) is 0 Å². The summed E-state index contributed by atoms with van der Waals surface area (Å²) in [6.07, 6.45) is 3.75. The Bertz CT molecular complexity index is 1430. The number of benzene rings is 2. The number of hydrogen-bond donors (Lipinski definition) is 1. The molecule has 162 valence electrons.